The van der Waals surface area contributed by atoms with E-state index in [1.165, 1.54) is 63.9 Å². The Morgan fingerprint density at radius 3 is 2.88 bits per heavy atom. The topological polar surface area (TPSA) is 15.3 Å². The molecule has 0 aromatic carbocycles. The van der Waals surface area contributed by atoms with Gasteiger partial charge in [-0.2, -0.15) is 0 Å². The molecule has 1 N–H and O–H groups in total. The van der Waals surface area contributed by atoms with Crippen LogP contribution >= 0.6 is 0 Å². The Morgan fingerprint density at radius 1 is 1.38 bits per heavy atom. The molecule has 2 aliphatic rings. The van der Waals surface area contributed by atoms with E-state index in [9.17, 15) is 0 Å². The summed E-state index contributed by atoms with van der Waals surface area (Å²) in [6, 6.07) is 0.866. The van der Waals surface area contributed by atoms with E-state index < -0.39 is 0 Å². The van der Waals surface area contributed by atoms with Crippen LogP contribution in [-0.2, 0) is 0 Å². The molecule has 1 aliphatic heterocycles. The highest BCUT2D eigenvalue weighted by atomic mass is 15.1. The van der Waals surface area contributed by atoms with Gasteiger partial charge in [0.05, 0.1) is 0 Å². The quantitative estimate of drug-likeness (QED) is 0.694. The Kier molecular flexibility index (Phi) is 4.42. The average Bonchev–Trinajstić information content (AvgIpc) is 3.08. The minimum absolute atomic E-state index is 0.866. The second-order valence-electron chi connectivity index (χ2n) is 5.70. The fourth-order valence-corrected chi connectivity index (χ4v) is 2.49. The zero-order valence-corrected chi connectivity index (χ0v) is 10.7. The minimum Gasteiger partial charge on any atom is -0.314 e. The molecule has 1 atom stereocenters. The molecule has 0 spiro atoms. The minimum atomic E-state index is 0.866. The Morgan fingerprint density at radius 2 is 2.19 bits per heavy atom. The highest BCUT2D eigenvalue weighted by Gasteiger charge is 2.24. The lowest BCUT2D eigenvalue weighted by atomic mass is 9.97. The third-order valence-electron chi connectivity index (χ3n) is 3.73. The lowest BCUT2D eigenvalue weighted by Gasteiger charge is -2.33. The van der Waals surface area contributed by atoms with Crippen molar-refractivity contribution < 1.29 is 0 Å². The summed E-state index contributed by atoms with van der Waals surface area (Å²) < 4.78 is 0. The Balaban J connectivity index is 1.64. The zero-order chi connectivity index (χ0) is 11.4. The molecular weight excluding hydrogens is 196 g/mol. The second kappa shape index (κ2) is 5.83. The molecule has 0 radical (unpaired) electrons. The SMILES string of the molecule is C=C(C)CCN1CCCC(CNC2CC2)C1. The van der Waals surface area contributed by atoms with Gasteiger partial charge in [-0.25, -0.2) is 0 Å². The maximum Gasteiger partial charge on any atom is 0.00683 e. The molecule has 1 saturated heterocycles. The van der Waals surface area contributed by atoms with E-state index in [-0.39, 0.29) is 0 Å². The molecule has 1 aliphatic carbocycles. The Hall–Kier alpha value is -0.340. The summed E-state index contributed by atoms with van der Waals surface area (Å²) in [6.45, 7) is 11.2. The van der Waals surface area contributed by atoms with Gasteiger partial charge in [-0.05, 0) is 58.0 Å². The normalized spacial score (nSPS) is 26.9. The van der Waals surface area contributed by atoms with Gasteiger partial charge in [0.25, 0.3) is 0 Å². The van der Waals surface area contributed by atoms with E-state index >= 15 is 0 Å². The number of nitrogens with one attached hydrogen (secondary N) is 1. The standard InChI is InChI=1S/C14H26N2/c1-12(2)7-9-16-8-3-4-13(11-16)10-15-14-5-6-14/h13-15H,1,3-11H2,2H3. The molecule has 0 aromatic rings. The fourth-order valence-electron chi connectivity index (χ4n) is 2.49. The van der Waals surface area contributed by atoms with Crippen LogP contribution in [0.2, 0.25) is 0 Å². The summed E-state index contributed by atoms with van der Waals surface area (Å²) in [5, 5.41) is 3.67. The van der Waals surface area contributed by atoms with Crippen LogP contribution in [0.1, 0.15) is 39.0 Å². The first-order valence-corrected chi connectivity index (χ1v) is 6.84. The number of hydrogen-bond acceptors (Lipinski definition) is 2. The smallest absolute Gasteiger partial charge is 0.00683 e. The van der Waals surface area contributed by atoms with Crippen LogP contribution in [0.4, 0.5) is 0 Å². The highest BCUT2D eigenvalue weighted by Crippen LogP contribution is 2.21. The Bertz CT molecular complexity index is 233. The second-order valence-corrected chi connectivity index (χ2v) is 5.70. The van der Waals surface area contributed by atoms with Gasteiger partial charge in [-0.3, -0.25) is 0 Å². The molecule has 1 heterocycles. The van der Waals surface area contributed by atoms with Gasteiger partial charge in [0.2, 0.25) is 0 Å². The maximum atomic E-state index is 3.99. The summed E-state index contributed by atoms with van der Waals surface area (Å²) in [4.78, 5) is 2.62. The number of likely N-dealkylation sites (tertiary alicyclic amines) is 1. The first-order valence-electron chi connectivity index (χ1n) is 6.84. The molecule has 0 bridgehead atoms. The van der Waals surface area contributed by atoms with Crippen LogP contribution in [-0.4, -0.2) is 37.1 Å². The largest absolute Gasteiger partial charge is 0.314 e. The molecule has 2 nitrogen and oxygen atoms in total. The van der Waals surface area contributed by atoms with Gasteiger partial charge < -0.3 is 10.2 Å². The number of nitrogens with zero attached hydrogens (tertiary/aromatic N) is 1. The molecule has 0 amide bonds. The van der Waals surface area contributed by atoms with E-state index in [2.05, 4.69) is 23.7 Å². The predicted octanol–water partition coefficient (Wildman–Crippen LogP) is 2.42. The fraction of sp³-hybridized carbons (Fsp3) is 0.857. The van der Waals surface area contributed by atoms with E-state index in [0.717, 1.165) is 12.0 Å². The van der Waals surface area contributed by atoms with E-state index in [1.54, 1.807) is 0 Å². The molecule has 16 heavy (non-hydrogen) atoms. The predicted molar refractivity (Wildman–Crippen MR) is 69.6 cm³/mol. The maximum absolute atomic E-state index is 3.99. The molecule has 92 valence electrons. The molecular formula is C14H26N2. The molecule has 2 fully saturated rings. The van der Waals surface area contributed by atoms with Crippen molar-refractivity contribution >= 4 is 0 Å². The third kappa shape index (κ3) is 4.26. The molecule has 0 aromatic heterocycles. The van der Waals surface area contributed by atoms with Crippen LogP contribution in [0.25, 0.3) is 0 Å². The van der Waals surface area contributed by atoms with Gasteiger partial charge >= 0.3 is 0 Å². The van der Waals surface area contributed by atoms with Crippen LogP contribution in [0.5, 0.6) is 0 Å². The van der Waals surface area contributed by atoms with Crippen LogP contribution in [0.15, 0.2) is 12.2 Å². The molecule has 1 unspecified atom stereocenters. The zero-order valence-electron chi connectivity index (χ0n) is 10.7. The summed E-state index contributed by atoms with van der Waals surface area (Å²) in [5.41, 5.74) is 1.32. The lowest BCUT2D eigenvalue weighted by molar-refractivity contribution is 0.174. The van der Waals surface area contributed by atoms with Crippen molar-refractivity contribution in [1.29, 1.82) is 0 Å². The van der Waals surface area contributed by atoms with Crippen LogP contribution in [0.3, 0.4) is 0 Å². The van der Waals surface area contributed by atoms with Gasteiger partial charge in [-0.15, -0.1) is 6.58 Å². The van der Waals surface area contributed by atoms with Crippen molar-refractivity contribution in [2.24, 2.45) is 5.92 Å². The van der Waals surface area contributed by atoms with Gasteiger partial charge in [0.1, 0.15) is 0 Å². The summed E-state index contributed by atoms with van der Waals surface area (Å²) in [7, 11) is 0. The molecule has 2 rings (SSSR count). The van der Waals surface area contributed by atoms with Gasteiger partial charge in [-0.1, -0.05) is 5.57 Å². The Labute approximate surface area is 100 Å². The molecule has 1 saturated carbocycles. The molecule has 2 heteroatoms. The summed E-state index contributed by atoms with van der Waals surface area (Å²) in [6.07, 6.45) is 6.79. The lowest BCUT2D eigenvalue weighted by Crippen LogP contribution is -2.40. The van der Waals surface area contributed by atoms with Crippen molar-refractivity contribution in [3.8, 4) is 0 Å². The number of piperidine rings is 1. The highest BCUT2D eigenvalue weighted by molar-refractivity contribution is 4.89. The first-order chi connectivity index (χ1) is 7.74. The van der Waals surface area contributed by atoms with E-state index in [0.29, 0.717) is 0 Å². The van der Waals surface area contributed by atoms with Crippen molar-refractivity contribution in [2.75, 3.05) is 26.2 Å². The first kappa shape index (κ1) is 12.1. The van der Waals surface area contributed by atoms with Crippen molar-refractivity contribution in [3.63, 3.8) is 0 Å². The average molecular weight is 222 g/mol. The van der Waals surface area contributed by atoms with E-state index in [1.807, 2.05) is 0 Å². The summed E-state index contributed by atoms with van der Waals surface area (Å²) in [5.74, 6) is 0.888. The third-order valence-corrected chi connectivity index (χ3v) is 3.73. The summed E-state index contributed by atoms with van der Waals surface area (Å²) >= 11 is 0. The van der Waals surface area contributed by atoms with Crippen LogP contribution < -0.4 is 5.32 Å². The monoisotopic (exact) mass is 222 g/mol. The van der Waals surface area contributed by atoms with Crippen LogP contribution in [0, 0.1) is 5.92 Å². The van der Waals surface area contributed by atoms with Crippen molar-refractivity contribution in [3.05, 3.63) is 12.2 Å². The number of hydrogen-bond donors (Lipinski definition) is 1. The van der Waals surface area contributed by atoms with Gasteiger partial charge in [0.15, 0.2) is 0 Å². The van der Waals surface area contributed by atoms with Gasteiger partial charge in [0, 0.05) is 19.1 Å². The van der Waals surface area contributed by atoms with E-state index in [4.69, 9.17) is 0 Å². The van der Waals surface area contributed by atoms with Crippen molar-refractivity contribution in [2.45, 2.75) is 45.1 Å². The number of rotatable bonds is 6. The van der Waals surface area contributed by atoms with Crippen molar-refractivity contribution in [1.82, 2.24) is 10.2 Å².